The zero-order valence-electron chi connectivity index (χ0n) is 15.7. The highest BCUT2D eigenvalue weighted by Gasteiger charge is 2.31. The zero-order valence-corrected chi connectivity index (χ0v) is 16.5. The molecule has 1 amide bonds. The van der Waals surface area contributed by atoms with Gasteiger partial charge in [-0.15, -0.1) is 0 Å². The number of nitrogens with zero attached hydrogens (tertiary/aromatic N) is 1. The van der Waals surface area contributed by atoms with Gasteiger partial charge in [0, 0.05) is 25.2 Å². The number of carbonyl (C=O) groups is 2. The van der Waals surface area contributed by atoms with Gasteiger partial charge in [0.2, 0.25) is 10.0 Å². The molecule has 8 heteroatoms. The second-order valence-corrected chi connectivity index (χ2v) is 8.30. The van der Waals surface area contributed by atoms with Crippen molar-refractivity contribution in [3.63, 3.8) is 0 Å². The maximum absolute atomic E-state index is 12.7. The van der Waals surface area contributed by atoms with Crippen LogP contribution in [0.2, 0.25) is 0 Å². The summed E-state index contributed by atoms with van der Waals surface area (Å²) in [6.07, 6.45) is -0.698. The summed E-state index contributed by atoms with van der Waals surface area (Å²) in [6.45, 7) is 4.24. The van der Waals surface area contributed by atoms with E-state index in [-0.39, 0.29) is 11.3 Å². The van der Waals surface area contributed by atoms with Gasteiger partial charge < -0.3 is 10.1 Å². The van der Waals surface area contributed by atoms with Crippen molar-refractivity contribution in [1.29, 1.82) is 0 Å². The molecule has 28 heavy (non-hydrogen) atoms. The highest BCUT2D eigenvalue weighted by Crippen LogP contribution is 2.23. The van der Waals surface area contributed by atoms with E-state index in [0.717, 1.165) is 5.56 Å². The van der Waals surface area contributed by atoms with Crippen LogP contribution in [0.25, 0.3) is 0 Å². The van der Waals surface area contributed by atoms with Crippen LogP contribution < -0.4 is 5.32 Å². The van der Waals surface area contributed by atoms with E-state index in [9.17, 15) is 18.0 Å². The zero-order chi connectivity index (χ0) is 20.3. The second-order valence-electron chi connectivity index (χ2n) is 6.36. The molecule has 3 rings (SSSR count). The molecule has 1 unspecified atom stereocenters. The van der Waals surface area contributed by atoms with E-state index in [1.165, 1.54) is 16.4 Å². The SMILES string of the molecule is CCN(CC)S(=O)(=O)c1cccc(NC(=O)C2Cc3ccccc3C(=O)O2)c1. The van der Waals surface area contributed by atoms with E-state index in [4.69, 9.17) is 4.74 Å². The van der Waals surface area contributed by atoms with Crippen LogP contribution in [0, 0.1) is 0 Å². The van der Waals surface area contributed by atoms with Crippen LogP contribution in [-0.4, -0.2) is 43.8 Å². The van der Waals surface area contributed by atoms with Gasteiger partial charge in [0.25, 0.3) is 5.91 Å². The minimum Gasteiger partial charge on any atom is -0.448 e. The number of carbonyl (C=O) groups excluding carboxylic acids is 2. The summed E-state index contributed by atoms with van der Waals surface area (Å²) in [6, 6.07) is 13.0. The van der Waals surface area contributed by atoms with Crippen LogP contribution in [-0.2, 0) is 26.0 Å². The van der Waals surface area contributed by atoms with Crippen molar-refractivity contribution in [2.75, 3.05) is 18.4 Å². The maximum Gasteiger partial charge on any atom is 0.339 e. The monoisotopic (exact) mass is 402 g/mol. The summed E-state index contributed by atoms with van der Waals surface area (Å²) in [7, 11) is -3.64. The highest BCUT2D eigenvalue weighted by atomic mass is 32.2. The number of cyclic esters (lactones) is 1. The molecule has 0 aliphatic carbocycles. The van der Waals surface area contributed by atoms with E-state index in [0.29, 0.717) is 24.3 Å². The molecule has 2 aromatic rings. The van der Waals surface area contributed by atoms with Gasteiger partial charge in [0.05, 0.1) is 10.5 Å². The second kappa shape index (κ2) is 8.12. The average molecular weight is 402 g/mol. The van der Waals surface area contributed by atoms with Gasteiger partial charge in [-0.05, 0) is 29.8 Å². The molecule has 1 aliphatic heterocycles. The van der Waals surface area contributed by atoms with Gasteiger partial charge in [-0.3, -0.25) is 4.79 Å². The first kappa shape index (κ1) is 20.0. The number of nitrogens with one attached hydrogen (secondary N) is 1. The molecule has 0 saturated carbocycles. The smallest absolute Gasteiger partial charge is 0.339 e. The van der Waals surface area contributed by atoms with Crippen molar-refractivity contribution in [3.8, 4) is 0 Å². The molecule has 1 N–H and O–H groups in total. The molecule has 7 nitrogen and oxygen atoms in total. The first-order valence-electron chi connectivity index (χ1n) is 9.06. The fourth-order valence-corrected chi connectivity index (χ4v) is 4.65. The number of hydrogen-bond acceptors (Lipinski definition) is 5. The quantitative estimate of drug-likeness (QED) is 0.749. The predicted octanol–water partition coefficient (Wildman–Crippen LogP) is 2.44. The molecule has 0 spiro atoms. The highest BCUT2D eigenvalue weighted by molar-refractivity contribution is 7.89. The number of fused-ring (bicyclic) bond motifs is 1. The topological polar surface area (TPSA) is 92.8 Å². The standard InChI is InChI=1S/C20H22N2O5S/c1-3-22(4-2)28(25,26)16-10-7-9-15(13-16)21-19(23)18-12-14-8-5-6-11-17(14)20(24)27-18/h5-11,13,18H,3-4,12H2,1-2H3,(H,21,23). The molecule has 0 radical (unpaired) electrons. The Morgan fingerprint density at radius 3 is 2.57 bits per heavy atom. The number of hydrogen-bond donors (Lipinski definition) is 1. The van der Waals surface area contributed by atoms with Gasteiger partial charge >= 0.3 is 5.97 Å². The van der Waals surface area contributed by atoms with Gasteiger partial charge in [-0.2, -0.15) is 4.31 Å². The number of esters is 1. The third-order valence-corrected chi connectivity index (χ3v) is 6.67. The summed E-state index contributed by atoms with van der Waals surface area (Å²) in [5.74, 6) is -1.04. The Kier molecular flexibility index (Phi) is 5.81. The van der Waals surface area contributed by atoms with Gasteiger partial charge in [0.1, 0.15) is 0 Å². The summed E-state index contributed by atoms with van der Waals surface area (Å²) >= 11 is 0. The number of benzene rings is 2. The van der Waals surface area contributed by atoms with Crippen LogP contribution >= 0.6 is 0 Å². The lowest BCUT2D eigenvalue weighted by Gasteiger charge is -2.24. The third-order valence-electron chi connectivity index (χ3n) is 4.63. The van der Waals surface area contributed by atoms with E-state index in [1.54, 1.807) is 50.2 Å². The van der Waals surface area contributed by atoms with Gasteiger partial charge in [-0.1, -0.05) is 38.1 Å². The van der Waals surface area contributed by atoms with Crippen LogP contribution in [0.5, 0.6) is 0 Å². The molecule has 0 saturated heterocycles. The van der Waals surface area contributed by atoms with E-state index >= 15 is 0 Å². The van der Waals surface area contributed by atoms with Crippen LogP contribution in [0.15, 0.2) is 53.4 Å². The normalized spacial score (nSPS) is 16.4. The molecule has 1 aliphatic rings. The number of anilines is 1. The fourth-order valence-electron chi connectivity index (χ4n) is 3.15. The van der Waals surface area contributed by atoms with Crippen molar-refractivity contribution >= 4 is 27.6 Å². The van der Waals surface area contributed by atoms with Crippen LogP contribution in [0.4, 0.5) is 5.69 Å². The largest absolute Gasteiger partial charge is 0.448 e. The number of rotatable bonds is 6. The molecule has 2 aromatic carbocycles. The van der Waals surface area contributed by atoms with Crippen molar-refractivity contribution in [3.05, 3.63) is 59.7 Å². The Balaban J connectivity index is 1.78. The molecule has 0 bridgehead atoms. The number of amides is 1. The Morgan fingerprint density at radius 1 is 1.14 bits per heavy atom. The molecule has 1 heterocycles. The first-order valence-corrected chi connectivity index (χ1v) is 10.5. The predicted molar refractivity (Wildman–Crippen MR) is 105 cm³/mol. The number of sulfonamides is 1. The summed E-state index contributed by atoms with van der Waals surface area (Å²) in [4.78, 5) is 24.8. The first-order chi connectivity index (χ1) is 13.4. The van der Waals surface area contributed by atoms with Gasteiger partial charge in [0.15, 0.2) is 6.10 Å². The lowest BCUT2D eigenvalue weighted by atomic mass is 9.98. The van der Waals surface area contributed by atoms with Crippen molar-refractivity contribution in [2.45, 2.75) is 31.3 Å². The summed E-state index contributed by atoms with van der Waals surface area (Å²) in [5.41, 5.74) is 1.53. The van der Waals surface area contributed by atoms with Crippen molar-refractivity contribution in [1.82, 2.24) is 4.31 Å². The van der Waals surface area contributed by atoms with E-state index in [1.807, 2.05) is 0 Å². The van der Waals surface area contributed by atoms with Crippen molar-refractivity contribution < 1.29 is 22.7 Å². The molecular weight excluding hydrogens is 380 g/mol. The Morgan fingerprint density at radius 2 is 1.86 bits per heavy atom. The molecule has 0 fully saturated rings. The lowest BCUT2D eigenvalue weighted by Crippen LogP contribution is -2.38. The van der Waals surface area contributed by atoms with Crippen LogP contribution in [0.1, 0.15) is 29.8 Å². The Hall–Kier alpha value is -2.71. The van der Waals surface area contributed by atoms with Gasteiger partial charge in [-0.25, -0.2) is 13.2 Å². The minimum atomic E-state index is -3.64. The fraction of sp³-hybridized carbons (Fsp3) is 0.300. The molecular formula is C20H22N2O5S. The summed E-state index contributed by atoms with van der Waals surface area (Å²) < 4.78 is 31.9. The van der Waals surface area contributed by atoms with E-state index < -0.39 is 28.0 Å². The molecule has 148 valence electrons. The lowest BCUT2D eigenvalue weighted by molar-refractivity contribution is -0.125. The molecule has 0 aromatic heterocycles. The van der Waals surface area contributed by atoms with Crippen molar-refractivity contribution in [2.24, 2.45) is 0 Å². The Labute approximate surface area is 164 Å². The number of ether oxygens (including phenoxy) is 1. The molecule has 1 atom stereocenters. The Bertz CT molecular complexity index is 999. The van der Waals surface area contributed by atoms with Crippen LogP contribution in [0.3, 0.4) is 0 Å². The third kappa shape index (κ3) is 3.93. The average Bonchev–Trinajstić information content (AvgIpc) is 2.69. The summed E-state index contributed by atoms with van der Waals surface area (Å²) in [5, 5.41) is 2.65. The van der Waals surface area contributed by atoms with E-state index in [2.05, 4.69) is 5.32 Å². The maximum atomic E-state index is 12.7. The minimum absolute atomic E-state index is 0.0972.